The molecule has 1 heterocycles. The molecule has 9 heavy (non-hydrogen) atoms. The molecule has 1 aromatic heterocycles. The molecular formula is C7H12N2. The summed E-state index contributed by atoms with van der Waals surface area (Å²) < 4.78 is 0. The average Bonchev–Trinajstić information content (AvgIpc) is 1.90. The Balaban J connectivity index is 0.000000640. The van der Waals surface area contributed by atoms with E-state index in [1.54, 1.807) is 0 Å². The molecule has 0 aliphatic heterocycles. The standard InChI is InChI=1S/C7H9N.H3N/c1-2-7-3-5-8-6-4-7;/h3-6H,2H2,1H3;1H3. The minimum atomic E-state index is 0. The van der Waals surface area contributed by atoms with Gasteiger partial charge in [0.25, 0.3) is 0 Å². The van der Waals surface area contributed by atoms with E-state index in [4.69, 9.17) is 0 Å². The quantitative estimate of drug-likeness (QED) is 0.620. The Bertz CT molecular complexity index is 148. The molecule has 0 saturated carbocycles. The molecule has 50 valence electrons. The minimum absolute atomic E-state index is 0. The van der Waals surface area contributed by atoms with E-state index in [2.05, 4.69) is 11.9 Å². The highest BCUT2D eigenvalue weighted by Gasteiger charge is 1.80. The van der Waals surface area contributed by atoms with Crippen LogP contribution in [0.15, 0.2) is 24.5 Å². The van der Waals surface area contributed by atoms with Crippen molar-refractivity contribution in [1.82, 2.24) is 11.1 Å². The molecule has 0 unspecified atom stereocenters. The Morgan fingerprint density at radius 2 is 1.89 bits per heavy atom. The van der Waals surface area contributed by atoms with Gasteiger partial charge in [-0.1, -0.05) is 6.92 Å². The van der Waals surface area contributed by atoms with Crippen LogP contribution in [0, 0.1) is 0 Å². The van der Waals surface area contributed by atoms with Gasteiger partial charge < -0.3 is 6.15 Å². The van der Waals surface area contributed by atoms with Crippen LogP contribution in [0.25, 0.3) is 0 Å². The second-order valence-corrected chi connectivity index (χ2v) is 1.71. The van der Waals surface area contributed by atoms with Crippen molar-refractivity contribution in [1.29, 1.82) is 0 Å². The van der Waals surface area contributed by atoms with Gasteiger partial charge in [-0.25, -0.2) is 0 Å². The predicted molar refractivity (Wildman–Crippen MR) is 38.6 cm³/mol. The smallest absolute Gasteiger partial charge is 0.0270 e. The first-order chi connectivity index (χ1) is 3.93. The van der Waals surface area contributed by atoms with Crippen LogP contribution in [-0.2, 0) is 6.42 Å². The van der Waals surface area contributed by atoms with E-state index >= 15 is 0 Å². The first-order valence-electron chi connectivity index (χ1n) is 2.82. The van der Waals surface area contributed by atoms with E-state index in [1.165, 1.54) is 5.56 Å². The largest absolute Gasteiger partial charge is 0.344 e. The van der Waals surface area contributed by atoms with Gasteiger partial charge in [-0.05, 0) is 24.1 Å². The topological polar surface area (TPSA) is 47.9 Å². The lowest BCUT2D eigenvalue weighted by molar-refractivity contribution is 1.12. The lowest BCUT2D eigenvalue weighted by atomic mass is 10.2. The molecule has 0 aliphatic carbocycles. The minimum Gasteiger partial charge on any atom is -0.344 e. The normalized spacial score (nSPS) is 8.11. The summed E-state index contributed by atoms with van der Waals surface area (Å²) in [5, 5.41) is 0. The second-order valence-electron chi connectivity index (χ2n) is 1.71. The molecule has 0 radical (unpaired) electrons. The molecule has 0 atom stereocenters. The Kier molecular flexibility index (Phi) is 3.64. The number of rotatable bonds is 1. The van der Waals surface area contributed by atoms with E-state index in [1.807, 2.05) is 24.5 Å². The highest BCUT2D eigenvalue weighted by molar-refractivity contribution is 5.08. The zero-order valence-electron chi connectivity index (χ0n) is 5.67. The predicted octanol–water partition coefficient (Wildman–Crippen LogP) is 1.81. The van der Waals surface area contributed by atoms with Crippen LogP contribution in [-0.4, -0.2) is 4.98 Å². The van der Waals surface area contributed by atoms with Crippen molar-refractivity contribution in [2.45, 2.75) is 13.3 Å². The number of hydrogen-bond donors (Lipinski definition) is 1. The van der Waals surface area contributed by atoms with Gasteiger partial charge in [0.2, 0.25) is 0 Å². The molecule has 0 fully saturated rings. The van der Waals surface area contributed by atoms with E-state index in [9.17, 15) is 0 Å². The van der Waals surface area contributed by atoms with Gasteiger partial charge >= 0.3 is 0 Å². The number of aromatic nitrogens is 1. The van der Waals surface area contributed by atoms with Crippen LogP contribution in [0.4, 0.5) is 0 Å². The van der Waals surface area contributed by atoms with Crippen LogP contribution in [0.2, 0.25) is 0 Å². The van der Waals surface area contributed by atoms with Crippen molar-refractivity contribution < 1.29 is 0 Å². The van der Waals surface area contributed by atoms with Gasteiger partial charge in [0.15, 0.2) is 0 Å². The maximum Gasteiger partial charge on any atom is 0.0270 e. The monoisotopic (exact) mass is 124 g/mol. The molecule has 1 aromatic rings. The molecular weight excluding hydrogens is 112 g/mol. The maximum atomic E-state index is 3.89. The Morgan fingerprint density at radius 1 is 1.33 bits per heavy atom. The summed E-state index contributed by atoms with van der Waals surface area (Å²) in [5.74, 6) is 0. The third kappa shape index (κ3) is 2.24. The van der Waals surface area contributed by atoms with Gasteiger partial charge in [-0.2, -0.15) is 0 Å². The van der Waals surface area contributed by atoms with E-state index < -0.39 is 0 Å². The van der Waals surface area contributed by atoms with Gasteiger partial charge in [0.05, 0.1) is 0 Å². The highest BCUT2D eigenvalue weighted by Crippen LogP contribution is 1.94. The number of aryl methyl sites for hydroxylation is 1. The molecule has 0 bridgehead atoms. The second kappa shape index (κ2) is 4.04. The van der Waals surface area contributed by atoms with Crippen LogP contribution < -0.4 is 6.15 Å². The van der Waals surface area contributed by atoms with Crippen molar-refractivity contribution in [3.63, 3.8) is 0 Å². The van der Waals surface area contributed by atoms with E-state index in [-0.39, 0.29) is 6.15 Å². The molecule has 0 spiro atoms. The molecule has 0 saturated heterocycles. The van der Waals surface area contributed by atoms with Crippen LogP contribution in [0.1, 0.15) is 12.5 Å². The van der Waals surface area contributed by atoms with Crippen molar-refractivity contribution in [3.8, 4) is 0 Å². The summed E-state index contributed by atoms with van der Waals surface area (Å²) in [4.78, 5) is 3.89. The third-order valence-corrected chi connectivity index (χ3v) is 1.16. The lowest BCUT2D eigenvalue weighted by Crippen LogP contribution is -1.76. The van der Waals surface area contributed by atoms with Gasteiger partial charge in [-0.3, -0.25) is 4.98 Å². The molecule has 0 aliphatic rings. The van der Waals surface area contributed by atoms with Crippen molar-refractivity contribution in [2.75, 3.05) is 0 Å². The lowest BCUT2D eigenvalue weighted by Gasteiger charge is -1.89. The molecule has 1 rings (SSSR count). The van der Waals surface area contributed by atoms with E-state index in [0.29, 0.717) is 0 Å². The van der Waals surface area contributed by atoms with Crippen molar-refractivity contribution in [2.24, 2.45) is 0 Å². The fourth-order valence-corrected chi connectivity index (χ4v) is 0.618. The van der Waals surface area contributed by atoms with Crippen molar-refractivity contribution >= 4 is 0 Å². The highest BCUT2D eigenvalue weighted by atomic mass is 14.6. The van der Waals surface area contributed by atoms with Crippen molar-refractivity contribution in [3.05, 3.63) is 30.1 Å². The van der Waals surface area contributed by atoms with Gasteiger partial charge in [-0.15, -0.1) is 0 Å². The molecule has 0 amide bonds. The maximum absolute atomic E-state index is 3.89. The first kappa shape index (κ1) is 8.11. The number of pyridine rings is 1. The fraction of sp³-hybridized carbons (Fsp3) is 0.286. The van der Waals surface area contributed by atoms with Gasteiger partial charge in [0.1, 0.15) is 0 Å². The number of nitrogens with zero attached hydrogens (tertiary/aromatic N) is 1. The zero-order chi connectivity index (χ0) is 5.82. The van der Waals surface area contributed by atoms with Gasteiger partial charge in [0, 0.05) is 12.4 Å². The summed E-state index contributed by atoms with van der Waals surface area (Å²) in [6, 6.07) is 4.06. The average molecular weight is 124 g/mol. The van der Waals surface area contributed by atoms with Crippen LogP contribution in [0.5, 0.6) is 0 Å². The fourth-order valence-electron chi connectivity index (χ4n) is 0.618. The summed E-state index contributed by atoms with van der Waals surface area (Å²) in [7, 11) is 0. The summed E-state index contributed by atoms with van der Waals surface area (Å²) >= 11 is 0. The SMILES string of the molecule is CCc1ccncc1.N. The summed E-state index contributed by atoms with van der Waals surface area (Å²) in [6.07, 6.45) is 4.74. The van der Waals surface area contributed by atoms with Crippen LogP contribution in [0.3, 0.4) is 0 Å². The third-order valence-electron chi connectivity index (χ3n) is 1.16. The molecule has 3 N–H and O–H groups in total. The molecule has 2 nitrogen and oxygen atoms in total. The summed E-state index contributed by atoms with van der Waals surface area (Å²) in [6.45, 7) is 2.13. The number of hydrogen-bond acceptors (Lipinski definition) is 2. The Morgan fingerprint density at radius 3 is 2.22 bits per heavy atom. The Hall–Kier alpha value is -0.890. The van der Waals surface area contributed by atoms with E-state index in [0.717, 1.165) is 6.42 Å². The van der Waals surface area contributed by atoms with Crippen LogP contribution >= 0.6 is 0 Å². The summed E-state index contributed by atoms with van der Waals surface area (Å²) in [5.41, 5.74) is 1.35. The zero-order valence-corrected chi connectivity index (χ0v) is 5.67. The first-order valence-corrected chi connectivity index (χ1v) is 2.82. The Labute approximate surface area is 55.5 Å². The molecule has 2 heteroatoms. The molecule has 0 aromatic carbocycles.